The quantitative estimate of drug-likeness (QED) is 0.631. The van der Waals surface area contributed by atoms with Gasteiger partial charge in [-0.3, -0.25) is 4.79 Å². The molecule has 1 aliphatic rings. The highest BCUT2D eigenvalue weighted by atomic mass is 32.2. The minimum Gasteiger partial charge on any atom is -0.336 e. The monoisotopic (exact) mass is 433 g/mol. The first kappa shape index (κ1) is 20.0. The van der Waals surface area contributed by atoms with Gasteiger partial charge in [0, 0.05) is 37.6 Å². The van der Waals surface area contributed by atoms with E-state index in [2.05, 4.69) is 10.1 Å². The maximum atomic E-state index is 13.1. The second kappa shape index (κ2) is 7.51. The Hall–Kier alpha value is -2.30. The Morgan fingerprint density at radius 1 is 1.21 bits per heavy atom. The summed E-state index contributed by atoms with van der Waals surface area (Å²) in [5, 5.41) is 6.94. The Labute approximate surface area is 173 Å². The SMILES string of the molecule is Cc1nc2c(cnn2C(C)C)cc1C(=O)N1CCN(S(=O)(=O)c2cccs2)CC1. The molecule has 0 bridgehead atoms. The molecule has 1 fully saturated rings. The normalized spacial score (nSPS) is 16.1. The highest BCUT2D eigenvalue weighted by Crippen LogP contribution is 2.24. The zero-order chi connectivity index (χ0) is 20.8. The molecule has 3 aromatic rings. The van der Waals surface area contributed by atoms with E-state index in [1.54, 1.807) is 28.6 Å². The molecule has 0 radical (unpaired) electrons. The van der Waals surface area contributed by atoms with Crippen LogP contribution in [0.3, 0.4) is 0 Å². The van der Waals surface area contributed by atoms with Gasteiger partial charge in [-0.25, -0.2) is 18.1 Å². The molecule has 3 aromatic heterocycles. The first-order valence-corrected chi connectivity index (χ1v) is 11.8. The van der Waals surface area contributed by atoms with Crippen LogP contribution < -0.4 is 0 Å². The number of carbonyl (C=O) groups is 1. The number of aromatic nitrogens is 3. The van der Waals surface area contributed by atoms with Crippen molar-refractivity contribution in [3.63, 3.8) is 0 Å². The minimum absolute atomic E-state index is 0.123. The Kier molecular flexibility index (Phi) is 5.18. The van der Waals surface area contributed by atoms with Crippen LogP contribution in [0.4, 0.5) is 0 Å². The van der Waals surface area contributed by atoms with E-state index in [-0.39, 0.29) is 25.0 Å². The van der Waals surface area contributed by atoms with Crippen LogP contribution in [0.25, 0.3) is 11.0 Å². The Morgan fingerprint density at radius 2 is 1.93 bits per heavy atom. The van der Waals surface area contributed by atoms with E-state index in [9.17, 15) is 13.2 Å². The van der Waals surface area contributed by atoms with Gasteiger partial charge in [-0.2, -0.15) is 9.40 Å². The summed E-state index contributed by atoms with van der Waals surface area (Å²) in [5.74, 6) is -0.123. The predicted molar refractivity (Wildman–Crippen MR) is 112 cm³/mol. The molecule has 0 aliphatic carbocycles. The summed E-state index contributed by atoms with van der Waals surface area (Å²) in [7, 11) is -3.48. The number of pyridine rings is 1. The average Bonchev–Trinajstić information content (AvgIpc) is 3.37. The summed E-state index contributed by atoms with van der Waals surface area (Å²) in [6.07, 6.45) is 1.73. The Bertz CT molecular complexity index is 1140. The zero-order valence-corrected chi connectivity index (χ0v) is 18.2. The first-order valence-electron chi connectivity index (χ1n) is 9.47. The maximum Gasteiger partial charge on any atom is 0.255 e. The fraction of sp³-hybridized carbons (Fsp3) is 0.421. The summed E-state index contributed by atoms with van der Waals surface area (Å²) in [6, 6.07) is 5.35. The van der Waals surface area contributed by atoms with Crippen LogP contribution in [-0.4, -0.2) is 64.5 Å². The zero-order valence-electron chi connectivity index (χ0n) is 16.6. The number of sulfonamides is 1. The highest BCUT2D eigenvalue weighted by molar-refractivity contribution is 7.91. The molecule has 0 N–H and O–H groups in total. The molecule has 0 saturated carbocycles. The number of nitrogens with zero attached hydrogens (tertiary/aromatic N) is 5. The predicted octanol–water partition coefficient (Wildman–Crippen LogP) is 2.53. The van der Waals surface area contributed by atoms with E-state index in [1.807, 2.05) is 31.5 Å². The number of hydrogen-bond donors (Lipinski definition) is 0. The van der Waals surface area contributed by atoms with E-state index in [0.29, 0.717) is 28.6 Å². The van der Waals surface area contributed by atoms with Crippen LogP contribution in [0.2, 0.25) is 0 Å². The topological polar surface area (TPSA) is 88.4 Å². The number of carbonyl (C=O) groups excluding carboxylic acids is 1. The number of piperazine rings is 1. The molecule has 4 heterocycles. The van der Waals surface area contributed by atoms with Crippen LogP contribution >= 0.6 is 11.3 Å². The fourth-order valence-corrected chi connectivity index (χ4v) is 6.07. The van der Waals surface area contributed by atoms with Crippen molar-refractivity contribution in [1.82, 2.24) is 24.0 Å². The second-order valence-electron chi connectivity index (χ2n) is 7.35. The average molecular weight is 434 g/mol. The van der Waals surface area contributed by atoms with Crippen molar-refractivity contribution in [1.29, 1.82) is 0 Å². The lowest BCUT2D eigenvalue weighted by Crippen LogP contribution is -2.50. The molecule has 0 aromatic carbocycles. The summed E-state index contributed by atoms with van der Waals surface area (Å²) in [6.45, 7) is 7.16. The van der Waals surface area contributed by atoms with Crippen LogP contribution in [-0.2, 0) is 10.0 Å². The molecule has 29 heavy (non-hydrogen) atoms. The molecule has 10 heteroatoms. The number of amides is 1. The number of fused-ring (bicyclic) bond motifs is 1. The molecule has 0 unspecified atom stereocenters. The summed E-state index contributed by atoms with van der Waals surface area (Å²) in [4.78, 5) is 19.4. The van der Waals surface area contributed by atoms with Gasteiger partial charge in [0.1, 0.15) is 4.21 Å². The maximum absolute atomic E-state index is 13.1. The van der Waals surface area contributed by atoms with Crippen LogP contribution in [0.5, 0.6) is 0 Å². The van der Waals surface area contributed by atoms with Gasteiger partial charge in [0.15, 0.2) is 5.65 Å². The molecule has 1 amide bonds. The molecule has 8 nitrogen and oxygen atoms in total. The van der Waals surface area contributed by atoms with E-state index in [0.717, 1.165) is 11.0 Å². The lowest BCUT2D eigenvalue weighted by atomic mass is 10.1. The van der Waals surface area contributed by atoms with Gasteiger partial charge in [0.25, 0.3) is 15.9 Å². The number of aryl methyl sites for hydroxylation is 1. The van der Waals surface area contributed by atoms with Crippen molar-refractivity contribution in [2.24, 2.45) is 0 Å². The fourth-order valence-electron chi connectivity index (χ4n) is 3.50. The van der Waals surface area contributed by atoms with Crippen LogP contribution in [0, 0.1) is 6.92 Å². The first-order chi connectivity index (χ1) is 13.8. The molecule has 154 valence electrons. The molecule has 0 atom stereocenters. The van der Waals surface area contributed by atoms with Crippen LogP contribution in [0.15, 0.2) is 34.0 Å². The van der Waals surface area contributed by atoms with Gasteiger partial charge in [-0.1, -0.05) is 6.07 Å². The number of thiophene rings is 1. The largest absolute Gasteiger partial charge is 0.336 e. The molecule has 1 aliphatic heterocycles. The third-order valence-electron chi connectivity index (χ3n) is 5.09. The second-order valence-corrected chi connectivity index (χ2v) is 10.5. The van der Waals surface area contributed by atoms with Gasteiger partial charge < -0.3 is 4.90 Å². The van der Waals surface area contributed by atoms with Gasteiger partial charge in [-0.05, 0) is 38.3 Å². The van der Waals surface area contributed by atoms with E-state index < -0.39 is 10.0 Å². The van der Waals surface area contributed by atoms with Crippen molar-refractivity contribution in [2.75, 3.05) is 26.2 Å². The molecular weight excluding hydrogens is 410 g/mol. The van der Waals surface area contributed by atoms with E-state index in [4.69, 9.17) is 0 Å². The Morgan fingerprint density at radius 3 is 2.55 bits per heavy atom. The molecule has 4 rings (SSSR count). The number of rotatable bonds is 4. The summed E-state index contributed by atoms with van der Waals surface area (Å²) >= 11 is 1.21. The van der Waals surface area contributed by atoms with Crippen molar-refractivity contribution >= 4 is 38.3 Å². The number of hydrogen-bond acceptors (Lipinski definition) is 6. The standard InChI is InChI=1S/C19H23N5O3S2/c1-13(2)24-18-15(12-20-24)11-16(14(3)21-18)19(25)22-6-8-23(9-7-22)29(26,27)17-5-4-10-28-17/h4-5,10-13H,6-9H2,1-3H3. The van der Waals surface area contributed by atoms with E-state index in [1.165, 1.54) is 15.6 Å². The Balaban J connectivity index is 1.52. The van der Waals surface area contributed by atoms with Gasteiger partial charge in [0.05, 0.1) is 17.5 Å². The van der Waals surface area contributed by atoms with Gasteiger partial charge in [0.2, 0.25) is 0 Å². The van der Waals surface area contributed by atoms with E-state index >= 15 is 0 Å². The molecule has 0 spiro atoms. The van der Waals surface area contributed by atoms with Gasteiger partial charge in [-0.15, -0.1) is 11.3 Å². The minimum atomic E-state index is -3.48. The molecule has 1 saturated heterocycles. The third kappa shape index (κ3) is 3.56. The van der Waals surface area contributed by atoms with Crippen molar-refractivity contribution in [3.8, 4) is 0 Å². The van der Waals surface area contributed by atoms with Crippen LogP contribution in [0.1, 0.15) is 35.9 Å². The summed E-state index contributed by atoms with van der Waals surface area (Å²) < 4.78 is 29.0. The van der Waals surface area contributed by atoms with Crippen molar-refractivity contribution in [2.45, 2.75) is 31.0 Å². The third-order valence-corrected chi connectivity index (χ3v) is 8.37. The lowest BCUT2D eigenvalue weighted by Gasteiger charge is -2.34. The highest BCUT2D eigenvalue weighted by Gasteiger charge is 2.31. The smallest absolute Gasteiger partial charge is 0.255 e. The van der Waals surface area contributed by atoms with Crippen molar-refractivity contribution in [3.05, 3.63) is 41.0 Å². The summed E-state index contributed by atoms with van der Waals surface area (Å²) in [5.41, 5.74) is 1.95. The van der Waals surface area contributed by atoms with Crippen molar-refractivity contribution < 1.29 is 13.2 Å². The molecular formula is C19H23N5O3S2. The van der Waals surface area contributed by atoms with Gasteiger partial charge >= 0.3 is 0 Å². The lowest BCUT2D eigenvalue weighted by molar-refractivity contribution is 0.0697.